The standard InChI is InChI=1S/C25H24N2O6S/c1-17(24(28)27-20-12-14-21(15-13-20)34(26,30)31)33-25(29)22(18-8-4-3-5-9-18)16-19-10-6-7-11-23(19)32-2/h3-17H,1-2H3,(H,27,28)(H2,26,30,31)/b22-16+/t17-/m1/s1. The summed E-state index contributed by atoms with van der Waals surface area (Å²) < 4.78 is 33.6. The number of hydrogen-bond donors (Lipinski definition) is 2. The third-order valence-corrected chi connectivity index (χ3v) is 5.78. The van der Waals surface area contributed by atoms with Gasteiger partial charge in [0.05, 0.1) is 17.6 Å². The van der Waals surface area contributed by atoms with E-state index < -0.39 is 28.0 Å². The molecule has 3 rings (SSSR count). The van der Waals surface area contributed by atoms with Crippen molar-refractivity contribution in [3.63, 3.8) is 0 Å². The van der Waals surface area contributed by atoms with E-state index in [2.05, 4.69) is 5.32 Å². The minimum Gasteiger partial charge on any atom is -0.496 e. The fraction of sp³-hybridized carbons (Fsp3) is 0.120. The molecule has 0 aromatic heterocycles. The summed E-state index contributed by atoms with van der Waals surface area (Å²) in [6, 6.07) is 21.5. The average molecular weight is 481 g/mol. The first-order valence-electron chi connectivity index (χ1n) is 10.2. The van der Waals surface area contributed by atoms with Crippen LogP contribution >= 0.6 is 0 Å². The lowest BCUT2D eigenvalue weighted by molar-refractivity contribution is -0.147. The molecule has 34 heavy (non-hydrogen) atoms. The summed E-state index contributed by atoms with van der Waals surface area (Å²) in [5.74, 6) is -0.691. The van der Waals surface area contributed by atoms with Crippen molar-refractivity contribution in [1.82, 2.24) is 0 Å². The highest BCUT2D eigenvalue weighted by atomic mass is 32.2. The number of methoxy groups -OCH3 is 1. The van der Waals surface area contributed by atoms with Gasteiger partial charge in [-0.3, -0.25) is 4.79 Å². The summed E-state index contributed by atoms with van der Waals surface area (Å²) in [7, 11) is -2.31. The number of para-hydroxylation sites is 1. The van der Waals surface area contributed by atoms with Crippen molar-refractivity contribution < 1.29 is 27.5 Å². The number of carbonyl (C=O) groups is 2. The van der Waals surface area contributed by atoms with E-state index in [1.807, 2.05) is 18.2 Å². The largest absolute Gasteiger partial charge is 0.496 e. The Bertz CT molecular complexity index is 1300. The minimum atomic E-state index is -3.84. The Morgan fingerprint density at radius 2 is 1.56 bits per heavy atom. The van der Waals surface area contributed by atoms with Gasteiger partial charge in [-0.15, -0.1) is 0 Å². The zero-order chi connectivity index (χ0) is 24.7. The van der Waals surface area contributed by atoms with Gasteiger partial charge in [-0.25, -0.2) is 18.4 Å². The van der Waals surface area contributed by atoms with Crippen molar-refractivity contribution >= 4 is 39.2 Å². The summed E-state index contributed by atoms with van der Waals surface area (Å²) in [5, 5.41) is 7.66. The molecule has 3 N–H and O–H groups in total. The molecule has 0 unspecified atom stereocenters. The van der Waals surface area contributed by atoms with E-state index in [9.17, 15) is 18.0 Å². The summed E-state index contributed by atoms with van der Waals surface area (Å²) >= 11 is 0. The molecule has 0 aliphatic heterocycles. The molecule has 0 aliphatic rings. The molecular formula is C25H24N2O6S. The maximum atomic E-state index is 13.1. The van der Waals surface area contributed by atoms with Crippen molar-refractivity contribution in [3.8, 4) is 5.75 Å². The van der Waals surface area contributed by atoms with E-state index >= 15 is 0 Å². The average Bonchev–Trinajstić information content (AvgIpc) is 2.83. The first-order valence-corrected chi connectivity index (χ1v) is 11.8. The van der Waals surface area contributed by atoms with Gasteiger partial charge in [0.15, 0.2) is 6.10 Å². The zero-order valence-electron chi connectivity index (χ0n) is 18.6. The predicted octanol–water partition coefficient (Wildman–Crippen LogP) is 3.45. The van der Waals surface area contributed by atoms with Gasteiger partial charge in [0.25, 0.3) is 5.91 Å². The van der Waals surface area contributed by atoms with Crippen LogP contribution in [-0.2, 0) is 24.3 Å². The molecule has 0 saturated carbocycles. The third-order valence-electron chi connectivity index (χ3n) is 4.85. The van der Waals surface area contributed by atoms with Crippen LogP contribution in [-0.4, -0.2) is 33.5 Å². The van der Waals surface area contributed by atoms with E-state index in [1.54, 1.807) is 42.5 Å². The van der Waals surface area contributed by atoms with Gasteiger partial charge in [-0.2, -0.15) is 0 Å². The normalized spacial score (nSPS) is 12.5. The number of nitrogens with two attached hydrogens (primary N) is 1. The second kappa shape index (κ2) is 10.8. The van der Waals surface area contributed by atoms with Gasteiger partial charge in [-0.05, 0) is 48.9 Å². The monoisotopic (exact) mass is 480 g/mol. The number of carbonyl (C=O) groups excluding carboxylic acids is 2. The zero-order valence-corrected chi connectivity index (χ0v) is 19.4. The Morgan fingerprint density at radius 3 is 2.18 bits per heavy atom. The molecule has 0 saturated heterocycles. The lowest BCUT2D eigenvalue weighted by atomic mass is 10.0. The highest BCUT2D eigenvalue weighted by Gasteiger charge is 2.22. The lowest BCUT2D eigenvalue weighted by Crippen LogP contribution is -2.30. The first-order chi connectivity index (χ1) is 16.2. The summed E-state index contributed by atoms with van der Waals surface area (Å²) in [6.45, 7) is 1.44. The van der Waals surface area contributed by atoms with Crippen LogP contribution in [0.15, 0.2) is 83.8 Å². The van der Waals surface area contributed by atoms with Crippen LogP contribution in [0.4, 0.5) is 5.69 Å². The van der Waals surface area contributed by atoms with Crippen LogP contribution in [0, 0.1) is 0 Å². The number of rotatable bonds is 8. The van der Waals surface area contributed by atoms with Crippen molar-refractivity contribution in [2.75, 3.05) is 12.4 Å². The van der Waals surface area contributed by atoms with Crippen molar-refractivity contribution in [1.29, 1.82) is 0 Å². The van der Waals surface area contributed by atoms with Crippen LogP contribution in [0.2, 0.25) is 0 Å². The molecule has 1 atom stereocenters. The van der Waals surface area contributed by atoms with Gasteiger partial charge in [-0.1, -0.05) is 48.5 Å². The predicted molar refractivity (Wildman–Crippen MR) is 129 cm³/mol. The highest BCUT2D eigenvalue weighted by molar-refractivity contribution is 7.89. The maximum absolute atomic E-state index is 13.1. The van der Waals surface area contributed by atoms with Gasteiger partial charge in [0, 0.05) is 11.3 Å². The molecule has 0 spiro atoms. The lowest BCUT2D eigenvalue weighted by Gasteiger charge is -2.16. The molecule has 0 heterocycles. The highest BCUT2D eigenvalue weighted by Crippen LogP contribution is 2.26. The number of esters is 1. The van der Waals surface area contributed by atoms with Crippen LogP contribution in [0.1, 0.15) is 18.1 Å². The molecule has 9 heteroatoms. The fourth-order valence-corrected chi connectivity index (χ4v) is 3.58. The van der Waals surface area contributed by atoms with E-state index in [0.717, 1.165) is 0 Å². The minimum absolute atomic E-state index is 0.0843. The Kier molecular flexibility index (Phi) is 7.83. The van der Waals surface area contributed by atoms with Crippen molar-refractivity contribution in [2.24, 2.45) is 5.14 Å². The molecule has 3 aromatic rings. The van der Waals surface area contributed by atoms with Crippen LogP contribution < -0.4 is 15.2 Å². The van der Waals surface area contributed by atoms with Crippen LogP contribution in [0.25, 0.3) is 11.6 Å². The molecule has 0 bridgehead atoms. The molecule has 0 aliphatic carbocycles. The molecule has 0 radical (unpaired) electrons. The van der Waals surface area contributed by atoms with Gasteiger partial charge < -0.3 is 14.8 Å². The maximum Gasteiger partial charge on any atom is 0.339 e. The Labute approximate surface area is 198 Å². The second-order valence-corrected chi connectivity index (χ2v) is 8.83. The SMILES string of the molecule is COc1ccccc1/C=C(/C(=O)O[C@H](C)C(=O)Nc1ccc(S(N)(=O)=O)cc1)c1ccccc1. The first kappa shape index (κ1) is 24.7. The van der Waals surface area contributed by atoms with Crippen LogP contribution in [0.5, 0.6) is 5.75 Å². The van der Waals surface area contributed by atoms with Crippen molar-refractivity contribution in [3.05, 3.63) is 90.0 Å². The summed E-state index contributed by atoms with van der Waals surface area (Å²) in [6.07, 6.45) is 0.516. The summed E-state index contributed by atoms with van der Waals surface area (Å²) in [4.78, 5) is 25.6. The number of ether oxygens (including phenoxy) is 2. The molecule has 8 nitrogen and oxygen atoms in total. The van der Waals surface area contributed by atoms with E-state index in [1.165, 1.54) is 38.3 Å². The van der Waals surface area contributed by atoms with E-state index in [0.29, 0.717) is 22.6 Å². The van der Waals surface area contributed by atoms with E-state index in [4.69, 9.17) is 14.6 Å². The molecule has 3 aromatic carbocycles. The fourth-order valence-electron chi connectivity index (χ4n) is 3.07. The van der Waals surface area contributed by atoms with Crippen LogP contribution in [0.3, 0.4) is 0 Å². The Hall–Kier alpha value is -3.95. The van der Waals surface area contributed by atoms with Gasteiger partial charge in [0.1, 0.15) is 5.75 Å². The molecule has 1 amide bonds. The quantitative estimate of drug-likeness (QED) is 0.289. The van der Waals surface area contributed by atoms with E-state index in [-0.39, 0.29) is 10.5 Å². The number of hydrogen-bond acceptors (Lipinski definition) is 6. The van der Waals surface area contributed by atoms with Gasteiger partial charge >= 0.3 is 5.97 Å². The number of benzene rings is 3. The molecule has 176 valence electrons. The Morgan fingerprint density at radius 1 is 0.941 bits per heavy atom. The number of sulfonamides is 1. The molecule has 0 fully saturated rings. The second-order valence-electron chi connectivity index (χ2n) is 7.27. The van der Waals surface area contributed by atoms with Crippen molar-refractivity contribution in [2.45, 2.75) is 17.9 Å². The number of amides is 1. The summed E-state index contributed by atoms with van der Waals surface area (Å²) in [5.41, 5.74) is 1.87. The third kappa shape index (κ3) is 6.31. The smallest absolute Gasteiger partial charge is 0.339 e. The number of primary sulfonamides is 1. The number of nitrogens with one attached hydrogen (secondary N) is 1. The van der Waals surface area contributed by atoms with Gasteiger partial charge in [0.2, 0.25) is 10.0 Å². The topological polar surface area (TPSA) is 125 Å². The molecular weight excluding hydrogens is 456 g/mol. The Balaban J connectivity index is 1.79. The number of anilines is 1.